The molecule has 11 heteroatoms. The molecule has 1 aliphatic heterocycles. The van der Waals surface area contributed by atoms with E-state index in [-0.39, 0.29) is 25.4 Å². The van der Waals surface area contributed by atoms with Gasteiger partial charge in [0.1, 0.15) is 6.10 Å². The number of phosphoric ester groups is 1. The lowest BCUT2D eigenvalue weighted by atomic mass is 10.0. The van der Waals surface area contributed by atoms with Gasteiger partial charge in [-0.3, -0.25) is 9.09 Å². The molecule has 1 aliphatic rings. The molecule has 2 rings (SSSR count). The van der Waals surface area contributed by atoms with Crippen molar-refractivity contribution in [3.63, 3.8) is 0 Å². The van der Waals surface area contributed by atoms with Gasteiger partial charge < -0.3 is 29.3 Å². The number of phosphoric acid groups is 1. The van der Waals surface area contributed by atoms with E-state index in [1.165, 1.54) is 7.11 Å². The highest BCUT2D eigenvalue weighted by molar-refractivity contribution is 7.53. The van der Waals surface area contributed by atoms with Crippen molar-refractivity contribution in [3.05, 3.63) is 35.9 Å². The number of rotatable bonds is 10. The Morgan fingerprint density at radius 3 is 2.54 bits per heavy atom. The number of benzene rings is 1. The normalized spacial score (nSPS) is 25.9. The monoisotopic (exact) mass is 409 g/mol. The molecular weight excluding hydrogens is 384 g/mol. The zero-order chi connectivity index (χ0) is 19.2. The van der Waals surface area contributed by atoms with Gasteiger partial charge in [0.25, 0.3) is 0 Å². The van der Waals surface area contributed by atoms with E-state index in [0.717, 1.165) is 5.56 Å². The minimum atomic E-state index is -4.66. The Morgan fingerprint density at radius 1 is 1.27 bits per heavy atom. The maximum atomic E-state index is 12.6. The lowest BCUT2D eigenvalue weighted by Crippen LogP contribution is -2.29. The third-order valence-electron chi connectivity index (χ3n) is 3.97. The molecule has 4 atom stereocenters. The Balaban J connectivity index is 2.07. The van der Waals surface area contributed by atoms with Gasteiger partial charge >= 0.3 is 15.4 Å². The molecule has 148 valence electrons. The van der Waals surface area contributed by atoms with Crippen molar-refractivity contribution < 1.29 is 37.2 Å². The van der Waals surface area contributed by atoms with Crippen LogP contribution in [0.15, 0.2) is 30.3 Å². The fraction of sp³-hybridized carbons (Fsp3) is 0.600. The highest BCUT2D eigenvalue weighted by Crippen LogP contribution is 2.50. The number of ether oxygens (including phenoxy) is 1. The minimum absolute atomic E-state index is 0.0371. The van der Waals surface area contributed by atoms with Crippen molar-refractivity contribution in [1.82, 2.24) is 0 Å². The average molecular weight is 409 g/mol. The second-order valence-corrected chi connectivity index (χ2v) is 9.44. The van der Waals surface area contributed by atoms with Crippen molar-refractivity contribution in [2.24, 2.45) is 5.73 Å². The molecule has 4 N–H and O–H groups in total. The second kappa shape index (κ2) is 9.55. The topological polar surface area (TPSA) is 138 Å². The number of nitrogens with two attached hydrogens (primary N) is 1. The summed E-state index contributed by atoms with van der Waals surface area (Å²) in [6.07, 6.45) is -0.722. The number of hydrogen-bond acceptors (Lipinski definition) is 7. The summed E-state index contributed by atoms with van der Waals surface area (Å²) >= 11 is 0. The van der Waals surface area contributed by atoms with Crippen LogP contribution in [0.25, 0.3) is 0 Å². The first-order valence-corrected chi connectivity index (χ1v) is 11.4. The molecular formula is C15H25NO8P2. The van der Waals surface area contributed by atoms with Crippen molar-refractivity contribution in [1.29, 1.82) is 0 Å². The molecule has 1 unspecified atom stereocenters. The standard InChI is InChI=1S/C15H25NO8P2/c1-21-25(17,8-7-16)24-14-10-13(9-12-5-3-2-4-6-12)23-15(14)11-22-26(18,19)20/h2-6,13-15H,7-11,16H2,1H3,(H2,18,19,20)/t13-,14-,15+,25?/m0/s1. The predicted molar refractivity (Wildman–Crippen MR) is 94.8 cm³/mol. The van der Waals surface area contributed by atoms with Crippen LogP contribution in [-0.4, -0.2) is 54.5 Å². The molecule has 1 aromatic carbocycles. The Bertz CT molecular complexity index is 652. The molecule has 0 aromatic heterocycles. The van der Waals surface area contributed by atoms with Gasteiger partial charge in [-0.2, -0.15) is 0 Å². The van der Waals surface area contributed by atoms with E-state index in [2.05, 4.69) is 4.52 Å². The maximum absolute atomic E-state index is 12.6. The van der Waals surface area contributed by atoms with E-state index in [0.29, 0.717) is 12.8 Å². The molecule has 0 spiro atoms. The summed E-state index contributed by atoms with van der Waals surface area (Å²) in [5.74, 6) is 0. The SMILES string of the molecule is COP(=O)(CCN)O[C@H]1C[C@H](Cc2ccccc2)O[C@@H]1COP(=O)(O)O. The Labute approximate surface area is 152 Å². The van der Waals surface area contributed by atoms with Crippen LogP contribution >= 0.6 is 15.4 Å². The van der Waals surface area contributed by atoms with Crippen LogP contribution < -0.4 is 5.73 Å². The van der Waals surface area contributed by atoms with Crippen molar-refractivity contribution in [2.75, 3.05) is 26.4 Å². The third-order valence-corrected chi connectivity index (χ3v) is 6.41. The average Bonchev–Trinajstić information content (AvgIpc) is 2.94. The lowest BCUT2D eigenvalue weighted by Gasteiger charge is -2.23. The highest BCUT2D eigenvalue weighted by Gasteiger charge is 2.41. The fourth-order valence-corrected chi connectivity index (χ4v) is 4.45. The smallest absolute Gasteiger partial charge is 0.369 e. The molecule has 0 amide bonds. The van der Waals surface area contributed by atoms with Gasteiger partial charge in [0.15, 0.2) is 0 Å². The summed E-state index contributed by atoms with van der Waals surface area (Å²) in [6.45, 7) is -0.262. The van der Waals surface area contributed by atoms with E-state index in [4.69, 9.17) is 29.3 Å². The summed E-state index contributed by atoms with van der Waals surface area (Å²) in [5.41, 5.74) is 6.50. The van der Waals surface area contributed by atoms with Crippen LogP contribution in [0.5, 0.6) is 0 Å². The third kappa shape index (κ3) is 6.85. The van der Waals surface area contributed by atoms with E-state index < -0.39 is 27.6 Å². The van der Waals surface area contributed by atoms with E-state index >= 15 is 0 Å². The van der Waals surface area contributed by atoms with Crippen molar-refractivity contribution >= 4 is 15.4 Å². The van der Waals surface area contributed by atoms with Gasteiger partial charge in [0.2, 0.25) is 0 Å². The van der Waals surface area contributed by atoms with Gasteiger partial charge in [-0.25, -0.2) is 4.57 Å². The Kier molecular flexibility index (Phi) is 7.97. The quantitative estimate of drug-likeness (QED) is 0.493. The molecule has 0 saturated carbocycles. The molecule has 1 saturated heterocycles. The van der Waals surface area contributed by atoms with E-state index in [1.54, 1.807) is 0 Å². The van der Waals surface area contributed by atoms with Crippen LogP contribution in [-0.2, 0) is 33.9 Å². The summed E-state index contributed by atoms with van der Waals surface area (Å²) in [7, 11) is -6.80. The molecule has 0 aliphatic carbocycles. The van der Waals surface area contributed by atoms with Gasteiger partial charge in [-0.15, -0.1) is 0 Å². The second-order valence-electron chi connectivity index (χ2n) is 5.96. The first-order valence-electron chi connectivity index (χ1n) is 8.17. The summed E-state index contributed by atoms with van der Waals surface area (Å²) in [4.78, 5) is 17.8. The van der Waals surface area contributed by atoms with Gasteiger partial charge in [-0.05, 0) is 12.0 Å². The minimum Gasteiger partial charge on any atom is -0.369 e. The first-order chi connectivity index (χ1) is 12.2. The largest absolute Gasteiger partial charge is 0.469 e. The Morgan fingerprint density at radius 2 is 1.96 bits per heavy atom. The highest BCUT2D eigenvalue weighted by atomic mass is 31.2. The molecule has 9 nitrogen and oxygen atoms in total. The maximum Gasteiger partial charge on any atom is 0.469 e. The summed E-state index contributed by atoms with van der Waals surface area (Å²) in [5, 5.41) is 0. The summed E-state index contributed by atoms with van der Waals surface area (Å²) < 4.78 is 44.6. The predicted octanol–water partition coefficient (Wildman–Crippen LogP) is 1.68. The van der Waals surface area contributed by atoms with Crippen LogP contribution in [0, 0.1) is 0 Å². The molecule has 1 aromatic rings. The first kappa shape index (κ1) is 21.7. The Hall–Kier alpha value is -0.600. The fourth-order valence-electron chi connectivity index (χ4n) is 2.79. The van der Waals surface area contributed by atoms with E-state index in [9.17, 15) is 9.13 Å². The van der Waals surface area contributed by atoms with Gasteiger partial charge in [-0.1, -0.05) is 30.3 Å². The molecule has 0 bridgehead atoms. The number of hydrogen-bond donors (Lipinski definition) is 3. The van der Waals surface area contributed by atoms with Crippen LogP contribution in [0.2, 0.25) is 0 Å². The van der Waals surface area contributed by atoms with Crippen LogP contribution in [0.3, 0.4) is 0 Å². The lowest BCUT2D eigenvalue weighted by molar-refractivity contribution is -0.0178. The zero-order valence-electron chi connectivity index (χ0n) is 14.5. The van der Waals surface area contributed by atoms with Crippen LogP contribution in [0.1, 0.15) is 12.0 Å². The molecule has 1 fully saturated rings. The molecule has 1 heterocycles. The van der Waals surface area contributed by atoms with Crippen molar-refractivity contribution in [2.45, 2.75) is 31.2 Å². The molecule has 26 heavy (non-hydrogen) atoms. The zero-order valence-corrected chi connectivity index (χ0v) is 16.3. The van der Waals surface area contributed by atoms with E-state index in [1.807, 2.05) is 30.3 Å². The molecule has 0 radical (unpaired) electrons. The van der Waals surface area contributed by atoms with Crippen LogP contribution in [0.4, 0.5) is 0 Å². The summed E-state index contributed by atoms with van der Waals surface area (Å²) in [6, 6.07) is 9.63. The van der Waals surface area contributed by atoms with Gasteiger partial charge in [0.05, 0.1) is 25.0 Å². The van der Waals surface area contributed by atoms with Gasteiger partial charge in [0, 0.05) is 20.1 Å². The van der Waals surface area contributed by atoms with Crippen molar-refractivity contribution in [3.8, 4) is 0 Å².